The molecule has 1 aliphatic carbocycles. The number of para-hydroxylation sites is 1. The Balaban J connectivity index is 1.63. The Morgan fingerprint density at radius 3 is 2.90 bits per heavy atom. The molecule has 2 N–H and O–H groups in total. The molecule has 1 fully saturated rings. The topological polar surface area (TPSA) is 60.7 Å². The number of benzene rings is 1. The molecule has 1 aliphatic rings. The van der Waals surface area contributed by atoms with Crippen molar-refractivity contribution in [2.24, 2.45) is 0 Å². The fourth-order valence-corrected chi connectivity index (χ4v) is 2.26. The molecule has 0 saturated heterocycles. The molecule has 2 aromatic rings. The number of aromatic nitrogens is 1. The van der Waals surface area contributed by atoms with Gasteiger partial charge in [-0.1, -0.05) is 18.2 Å². The fourth-order valence-electron chi connectivity index (χ4n) is 2.26. The number of rotatable bonds is 6. The first kappa shape index (κ1) is 12.9. The van der Waals surface area contributed by atoms with E-state index in [1.54, 1.807) is 0 Å². The van der Waals surface area contributed by atoms with E-state index >= 15 is 0 Å². The average molecular weight is 266 g/mol. The highest BCUT2D eigenvalue weighted by Gasteiger charge is 2.19. The lowest BCUT2D eigenvalue weighted by Crippen LogP contribution is -2.20. The van der Waals surface area contributed by atoms with Crippen LogP contribution < -0.4 is 10.6 Å². The van der Waals surface area contributed by atoms with Crippen molar-refractivity contribution in [3.63, 3.8) is 0 Å². The molecule has 1 aromatic heterocycles. The fraction of sp³-hybridized carbons (Fsp3) is 0.375. The van der Waals surface area contributed by atoms with Crippen molar-refractivity contribution in [3.8, 4) is 6.07 Å². The summed E-state index contributed by atoms with van der Waals surface area (Å²) in [5.74, 6) is 0.784. The number of hydrogen-bond acceptors (Lipinski definition) is 4. The van der Waals surface area contributed by atoms with Gasteiger partial charge in [-0.25, -0.2) is 4.98 Å². The minimum Gasteiger partial charge on any atom is -0.370 e. The van der Waals surface area contributed by atoms with Crippen LogP contribution in [0.25, 0.3) is 10.9 Å². The largest absolute Gasteiger partial charge is 0.370 e. The molecule has 0 spiro atoms. The molecule has 1 heterocycles. The number of nitrogens with one attached hydrogen (secondary N) is 2. The van der Waals surface area contributed by atoms with Crippen molar-refractivity contribution in [1.82, 2.24) is 10.3 Å². The summed E-state index contributed by atoms with van der Waals surface area (Å²) in [7, 11) is 0. The van der Waals surface area contributed by atoms with Crippen LogP contribution in [0.5, 0.6) is 0 Å². The molecule has 102 valence electrons. The lowest BCUT2D eigenvalue weighted by Gasteiger charge is -2.08. The molecule has 0 atom stereocenters. The summed E-state index contributed by atoms with van der Waals surface area (Å²) < 4.78 is 0. The normalized spacial score (nSPS) is 14.2. The maximum Gasteiger partial charge on any atom is 0.127 e. The van der Waals surface area contributed by atoms with E-state index in [9.17, 15) is 5.26 Å². The smallest absolute Gasteiger partial charge is 0.127 e. The van der Waals surface area contributed by atoms with Gasteiger partial charge in [0.2, 0.25) is 0 Å². The molecule has 0 aliphatic heterocycles. The molecule has 0 radical (unpaired) electrons. The molecule has 1 saturated carbocycles. The lowest BCUT2D eigenvalue weighted by molar-refractivity contribution is 0.658. The minimum atomic E-state index is 0.675. The zero-order valence-corrected chi connectivity index (χ0v) is 11.4. The van der Waals surface area contributed by atoms with Crippen LogP contribution in [0.2, 0.25) is 0 Å². The highest BCUT2D eigenvalue weighted by Crippen LogP contribution is 2.20. The second kappa shape index (κ2) is 5.89. The number of nitriles is 1. The summed E-state index contributed by atoms with van der Waals surface area (Å²) in [6.45, 7) is 1.91. The van der Waals surface area contributed by atoms with Gasteiger partial charge < -0.3 is 10.6 Å². The van der Waals surface area contributed by atoms with Crippen molar-refractivity contribution in [3.05, 3.63) is 35.9 Å². The van der Waals surface area contributed by atoms with Gasteiger partial charge in [-0.3, -0.25) is 0 Å². The standard InChI is InChI=1S/C16H18N4/c17-11-12-10-16(19-9-3-8-18-13-6-7-13)20-15-5-2-1-4-14(12)15/h1-2,4-5,10,13,18H,3,6-9H2,(H,19,20). The maximum absolute atomic E-state index is 9.22. The number of nitrogens with zero attached hydrogens (tertiary/aromatic N) is 2. The molecular formula is C16H18N4. The summed E-state index contributed by atoms with van der Waals surface area (Å²) in [4.78, 5) is 4.55. The van der Waals surface area contributed by atoms with Crippen LogP contribution >= 0.6 is 0 Å². The number of fused-ring (bicyclic) bond motifs is 1. The minimum absolute atomic E-state index is 0.675. The van der Waals surface area contributed by atoms with Crippen LogP contribution in [-0.4, -0.2) is 24.1 Å². The quantitative estimate of drug-likeness (QED) is 0.789. The summed E-state index contributed by atoms with van der Waals surface area (Å²) in [6.07, 6.45) is 3.71. The Morgan fingerprint density at radius 1 is 1.25 bits per heavy atom. The molecule has 0 bridgehead atoms. The molecule has 4 heteroatoms. The van der Waals surface area contributed by atoms with E-state index in [-0.39, 0.29) is 0 Å². The van der Waals surface area contributed by atoms with Crippen molar-refractivity contribution in [1.29, 1.82) is 5.26 Å². The first-order chi connectivity index (χ1) is 9.86. The van der Waals surface area contributed by atoms with Crippen LogP contribution in [-0.2, 0) is 0 Å². The SMILES string of the molecule is N#Cc1cc(NCCCNC2CC2)nc2ccccc12. The first-order valence-corrected chi connectivity index (χ1v) is 7.14. The van der Waals surface area contributed by atoms with Gasteiger partial charge in [0.05, 0.1) is 17.1 Å². The highest BCUT2D eigenvalue weighted by molar-refractivity contribution is 5.86. The Kier molecular flexibility index (Phi) is 3.80. The van der Waals surface area contributed by atoms with E-state index in [0.29, 0.717) is 5.56 Å². The lowest BCUT2D eigenvalue weighted by atomic mass is 10.1. The third kappa shape index (κ3) is 3.06. The molecule has 0 unspecified atom stereocenters. The highest BCUT2D eigenvalue weighted by atomic mass is 15.0. The van der Waals surface area contributed by atoms with Crippen LogP contribution in [0.15, 0.2) is 30.3 Å². The zero-order valence-electron chi connectivity index (χ0n) is 11.4. The molecule has 4 nitrogen and oxygen atoms in total. The Morgan fingerprint density at radius 2 is 2.10 bits per heavy atom. The van der Waals surface area contributed by atoms with E-state index in [1.165, 1.54) is 12.8 Å². The van der Waals surface area contributed by atoms with Gasteiger partial charge in [-0.05, 0) is 37.9 Å². The van der Waals surface area contributed by atoms with E-state index in [4.69, 9.17) is 0 Å². The Labute approximate surface area is 118 Å². The predicted molar refractivity (Wildman–Crippen MR) is 80.6 cm³/mol. The summed E-state index contributed by atoms with van der Waals surface area (Å²) in [5, 5.41) is 16.9. The summed E-state index contributed by atoms with van der Waals surface area (Å²) in [6, 6.07) is 12.6. The van der Waals surface area contributed by atoms with Crippen LogP contribution in [0.4, 0.5) is 5.82 Å². The van der Waals surface area contributed by atoms with E-state index < -0.39 is 0 Å². The Hall–Kier alpha value is -2.12. The van der Waals surface area contributed by atoms with Crippen molar-refractivity contribution >= 4 is 16.7 Å². The van der Waals surface area contributed by atoms with E-state index in [2.05, 4.69) is 21.7 Å². The molecule has 20 heavy (non-hydrogen) atoms. The van der Waals surface area contributed by atoms with Gasteiger partial charge in [-0.2, -0.15) is 5.26 Å². The van der Waals surface area contributed by atoms with E-state index in [0.717, 1.165) is 42.3 Å². The van der Waals surface area contributed by atoms with Crippen molar-refractivity contribution in [2.75, 3.05) is 18.4 Å². The van der Waals surface area contributed by atoms with Gasteiger partial charge in [0, 0.05) is 18.0 Å². The van der Waals surface area contributed by atoms with E-state index in [1.807, 2.05) is 30.3 Å². The number of pyridine rings is 1. The van der Waals surface area contributed by atoms with Gasteiger partial charge in [0.15, 0.2) is 0 Å². The van der Waals surface area contributed by atoms with Crippen LogP contribution in [0, 0.1) is 11.3 Å². The van der Waals surface area contributed by atoms with Crippen LogP contribution in [0.3, 0.4) is 0 Å². The monoisotopic (exact) mass is 266 g/mol. The summed E-state index contributed by atoms with van der Waals surface area (Å²) in [5.41, 5.74) is 1.54. The average Bonchev–Trinajstić information content (AvgIpc) is 3.30. The first-order valence-electron chi connectivity index (χ1n) is 7.14. The second-order valence-corrected chi connectivity index (χ2v) is 5.19. The van der Waals surface area contributed by atoms with Crippen LogP contribution in [0.1, 0.15) is 24.8 Å². The van der Waals surface area contributed by atoms with Gasteiger partial charge in [-0.15, -0.1) is 0 Å². The van der Waals surface area contributed by atoms with Gasteiger partial charge in [0.25, 0.3) is 0 Å². The van der Waals surface area contributed by atoms with Gasteiger partial charge in [0.1, 0.15) is 5.82 Å². The number of anilines is 1. The predicted octanol–water partition coefficient (Wildman–Crippen LogP) is 2.66. The third-order valence-electron chi connectivity index (χ3n) is 3.51. The molecule has 0 amide bonds. The molecule has 1 aromatic carbocycles. The van der Waals surface area contributed by atoms with Gasteiger partial charge >= 0.3 is 0 Å². The summed E-state index contributed by atoms with van der Waals surface area (Å²) >= 11 is 0. The molecule has 3 rings (SSSR count). The number of hydrogen-bond donors (Lipinski definition) is 2. The van der Waals surface area contributed by atoms with Crippen molar-refractivity contribution < 1.29 is 0 Å². The molecular weight excluding hydrogens is 248 g/mol. The van der Waals surface area contributed by atoms with Crippen molar-refractivity contribution in [2.45, 2.75) is 25.3 Å². The maximum atomic E-state index is 9.22. The zero-order chi connectivity index (χ0) is 13.8. The second-order valence-electron chi connectivity index (χ2n) is 5.19. The Bertz CT molecular complexity index is 640. The third-order valence-corrected chi connectivity index (χ3v) is 3.51.